The van der Waals surface area contributed by atoms with E-state index in [1.165, 1.54) is 36.0 Å². The fraction of sp³-hybridized carbons (Fsp3) is 0.211. The molecule has 0 aliphatic rings. The number of nitro groups is 1. The van der Waals surface area contributed by atoms with Crippen LogP contribution >= 0.6 is 35.0 Å². The zero-order chi connectivity index (χ0) is 22.5. The van der Waals surface area contributed by atoms with Crippen LogP contribution in [0.3, 0.4) is 0 Å². The number of halogens is 2. The van der Waals surface area contributed by atoms with Gasteiger partial charge in [-0.2, -0.15) is 0 Å². The second-order valence-electron chi connectivity index (χ2n) is 6.49. The minimum Gasteiger partial charge on any atom is -0.376 e. The lowest BCUT2D eigenvalue weighted by atomic mass is 10.3. The average Bonchev–Trinajstić information content (AvgIpc) is 3.08. The maximum Gasteiger partial charge on any atom is 0.269 e. The first-order chi connectivity index (χ1) is 14.7. The van der Waals surface area contributed by atoms with Gasteiger partial charge < -0.3 is 15.2 Å². The minimum atomic E-state index is -0.495. The third kappa shape index (κ3) is 5.87. The highest BCUT2D eigenvalue weighted by Crippen LogP contribution is 2.27. The van der Waals surface area contributed by atoms with Crippen LogP contribution in [-0.4, -0.2) is 30.8 Å². The van der Waals surface area contributed by atoms with Gasteiger partial charge in [0.2, 0.25) is 5.91 Å². The Balaban J connectivity index is 1.59. The molecule has 0 fully saturated rings. The summed E-state index contributed by atoms with van der Waals surface area (Å²) < 4.78 is 1.78. The van der Waals surface area contributed by atoms with Gasteiger partial charge in [0.1, 0.15) is 0 Å². The molecule has 2 N–H and O–H groups in total. The second kappa shape index (κ2) is 9.99. The van der Waals surface area contributed by atoms with Crippen LogP contribution in [0.1, 0.15) is 12.7 Å². The Labute approximate surface area is 192 Å². The van der Waals surface area contributed by atoms with E-state index in [9.17, 15) is 14.9 Å². The molecule has 0 radical (unpaired) electrons. The Hall–Kier alpha value is -2.82. The molecule has 1 amide bonds. The molecule has 1 heterocycles. The molecule has 0 unspecified atom stereocenters. The largest absolute Gasteiger partial charge is 0.376 e. The molecule has 0 saturated carbocycles. The van der Waals surface area contributed by atoms with Crippen molar-refractivity contribution in [3.63, 3.8) is 0 Å². The zero-order valence-corrected chi connectivity index (χ0v) is 18.8. The fourth-order valence-corrected chi connectivity index (χ4v) is 3.72. The molecule has 3 rings (SSSR count). The summed E-state index contributed by atoms with van der Waals surface area (Å²) in [5.74, 6) is 0.397. The highest BCUT2D eigenvalue weighted by atomic mass is 35.5. The SMILES string of the molecule is C[C@@H](Sc1nnc(CNc2cc(Cl)ccc2Cl)n1C)C(=O)Nc1ccc([N+](=O)[O-])cc1. The van der Waals surface area contributed by atoms with E-state index in [1.54, 1.807) is 36.7 Å². The molecule has 0 aliphatic heterocycles. The number of anilines is 2. The van der Waals surface area contributed by atoms with E-state index in [-0.39, 0.29) is 11.6 Å². The lowest BCUT2D eigenvalue weighted by molar-refractivity contribution is -0.384. The third-order valence-corrected chi connectivity index (χ3v) is 5.99. The standard InChI is InChI=1S/C19H18Cl2N6O3S/c1-11(18(28)23-13-4-6-14(7-5-13)27(29)30)31-19-25-24-17(26(19)2)10-22-16-9-12(20)3-8-15(16)21/h3-9,11,22H,10H2,1-2H3,(H,23,28)/t11-/m1/s1. The lowest BCUT2D eigenvalue weighted by Gasteiger charge is -2.12. The number of amides is 1. The number of nitrogens with zero attached hydrogens (tertiary/aromatic N) is 4. The lowest BCUT2D eigenvalue weighted by Crippen LogP contribution is -2.22. The predicted molar refractivity (Wildman–Crippen MR) is 122 cm³/mol. The normalized spacial score (nSPS) is 11.7. The van der Waals surface area contributed by atoms with E-state index in [0.29, 0.717) is 38.9 Å². The zero-order valence-electron chi connectivity index (χ0n) is 16.5. The molecular formula is C19H18Cl2N6O3S. The highest BCUT2D eigenvalue weighted by molar-refractivity contribution is 8.00. The van der Waals surface area contributed by atoms with Crippen LogP contribution < -0.4 is 10.6 Å². The molecule has 0 aliphatic carbocycles. The summed E-state index contributed by atoms with van der Waals surface area (Å²) in [5, 5.41) is 26.1. The Morgan fingerprint density at radius 3 is 2.61 bits per heavy atom. The number of nitro benzene ring substituents is 1. The van der Waals surface area contributed by atoms with Crippen molar-refractivity contribution >= 4 is 57.9 Å². The molecule has 12 heteroatoms. The van der Waals surface area contributed by atoms with Gasteiger partial charge in [0.15, 0.2) is 11.0 Å². The van der Waals surface area contributed by atoms with Gasteiger partial charge >= 0.3 is 0 Å². The van der Waals surface area contributed by atoms with Gasteiger partial charge in [0.05, 0.1) is 27.4 Å². The molecule has 162 valence electrons. The van der Waals surface area contributed by atoms with E-state index >= 15 is 0 Å². The summed E-state index contributed by atoms with van der Waals surface area (Å²) in [4.78, 5) is 22.7. The van der Waals surface area contributed by atoms with Gasteiger partial charge in [-0.3, -0.25) is 14.9 Å². The molecule has 2 aromatic carbocycles. The van der Waals surface area contributed by atoms with Crippen molar-refractivity contribution in [2.45, 2.75) is 23.9 Å². The summed E-state index contributed by atoms with van der Waals surface area (Å²) in [6.07, 6.45) is 0. The quantitative estimate of drug-likeness (QED) is 0.271. The molecule has 9 nitrogen and oxygen atoms in total. The fourth-order valence-electron chi connectivity index (χ4n) is 2.53. The van der Waals surface area contributed by atoms with Crippen LogP contribution in [0.2, 0.25) is 10.0 Å². The first-order valence-corrected chi connectivity index (χ1v) is 10.7. The number of thioether (sulfide) groups is 1. The van der Waals surface area contributed by atoms with Gasteiger partial charge in [0.25, 0.3) is 5.69 Å². The number of carbonyl (C=O) groups is 1. The molecule has 31 heavy (non-hydrogen) atoms. The van der Waals surface area contributed by atoms with Gasteiger partial charge in [-0.05, 0) is 37.3 Å². The first-order valence-electron chi connectivity index (χ1n) is 9.03. The maximum atomic E-state index is 12.5. The third-order valence-electron chi connectivity index (χ3n) is 4.29. The number of hydrogen-bond acceptors (Lipinski definition) is 7. The molecule has 3 aromatic rings. The van der Waals surface area contributed by atoms with Crippen molar-refractivity contribution in [3.8, 4) is 0 Å². The monoisotopic (exact) mass is 480 g/mol. The van der Waals surface area contributed by atoms with Crippen LogP contribution in [0.5, 0.6) is 0 Å². The number of benzene rings is 2. The molecular weight excluding hydrogens is 463 g/mol. The van der Waals surface area contributed by atoms with Crippen LogP contribution in [0.4, 0.5) is 17.1 Å². The van der Waals surface area contributed by atoms with Gasteiger partial charge in [-0.25, -0.2) is 0 Å². The number of rotatable bonds is 8. The van der Waals surface area contributed by atoms with Crippen molar-refractivity contribution in [2.75, 3.05) is 10.6 Å². The molecule has 1 aromatic heterocycles. The van der Waals surface area contributed by atoms with Crippen molar-refractivity contribution in [1.29, 1.82) is 0 Å². The molecule has 0 spiro atoms. The van der Waals surface area contributed by atoms with E-state index in [4.69, 9.17) is 23.2 Å². The first kappa shape index (κ1) is 22.9. The Morgan fingerprint density at radius 2 is 1.94 bits per heavy atom. The predicted octanol–water partition coefficient (Wildman–Crippen LogP) is 4.76. The number of hydrogen-bond donors (Lipinski definition) is 2. The molecule has 0 bridgehead atoms. The minimum absolute atomic E-state index is 0.0419. The number of non-ortho nitro benzene ring substituents is 1. The second-order valence-corrected chi connectivity index (χ2v) is 8.64. The maximum absolute atomic E-state index is 12.5. The summed E-state index contributed by atoms with van der Waals surface area (Å²) in [6, 6.07) is 10.8. The summed E-state index contributed by atoms with van der Waals surface area (Å²) in [7, 11) is 1.81. The summed E-state index contributed by atoms with van der Waals surface area (Å²) >= 11 is 13.4. The number of carbonyl (C=O) groups excluding carboxylic acids is 1. The Morgan fingerprint density at radius 1 is 1.23 bits per heavy atom. The van der Waals surface area contributed by atoms with Crippen molar-refractivity contribution in [2.24, 2.45) is 7.05 Å². The van der Waals surface area contributed by atoms with Crippen LogP contribution in [0, 0.1) is 10.1 Å². The average molecular weight is 481 g/mol. The number of nitrogens with one attached hydrogen (secondary N) is 2. The van der Waals surface area contributed by atoms with E-state index in [2.05, 4.69) is 20.8 Å². The van der Waals surface area contributed by atoms with Gasteiger partial charge in [-0.15, -0.1) is 10.2 Å². The molecule has 0 saturated heterocycles. The van der Waals surface area contributed by atoms with E-state index in [1.807, 2.05) is 0 Å². The molecule has 1 atom stereocenters. The topological polar surface area (TPSA) is 115 Å². The van der Waals surface area contributed by atoms with Crippen LogP contribution in [0.15, 0.2) is 47.6 Å². The number of aromatic nitrogens is 3. The Kier molecular flexibility index (Phi) is 7.37. The summed E-state index contributed by atoms with van der Waals surface area (Å²) in [5.41, 5.74) is 1.12. The van der Waals surface area contributed by atoms with Gasteiger partial charge in [-0.1, -0.05) is 35.0 Å². The van der Waals surface area contributed by atoms with Crippen LogP contribution in [-0.2, 0) is 18.4 Å². The van der Waals surface area contributed by atoms with Crippen molar-refractivity contribution in [1.82, 2.24) is 14.8 Å². The Bertz CT molecular complexity index is 1110. The highest BCUT2D eigenvalue weighted by Gasteiger charge is 2.19. The smallest absolute Gasteiger partial charge is 0.269 e. The van der Waals surface area contributed by atoms with Crippen molar-refractivity contribution < 1.29 is 9.72 Å². The van der Waals surface area contributed by atoms with Crippen LogP contribution in [0.25, 0.3) is 0 Å². The van der Waals surface area contributed by atoms with Crippen molar-refractivity contribution in [3.05, 3.63) is 68.4 Å². The van der Waals surface area contributed by atoms with E-state index < -0.39 is 10.2 Å². The van der Waals surface area contributed by atoms with Gasteiger partial charge in [0, 0.05) is 29.9 Å². The van der Waals surface area contributed by atoms with E-state index in [0.717, 1.165) is 0 Å². The summed E-state index contributed by atoms with van der Waals surface area (Å²) in [6.45, 7) is 2.11.